The minimum atomic E-state index is 0. The third kappa shape index (κ3) is 9.61. The normalized spacial score (nSPS) is 11.1. The van der Waals surface area contributed by atoms with Crippen molar-refractivity contribution in [3.05, 3.63) is 16.1 Å². The lowest BCUT2D eigenvalue weighted by molar-refractivity contribution is 0.670. The van der Waals surface area contributed by atoms with Crippen LogP contribution in [0.4, 0.5) is 0 Å². The highest BCUT2D eigenvalue weighted by atomic mass is 127. The Bertz CT molecular complexity index is 407. The second kappa shape index (κ2) is 14.2. The zero-order valence-electron chi connectivity index (χ0n) is 14.2. The molecule has 0 fully saturated rings. The number of thiazole rings is 1. The molecule has 0 aliphatic rings. The molecule has 1 aromatic rings. The summed E-state index contributed by atoms with van der Waals surface area (Å²) < 4.78 is 0. The fourth-order valence-corrected chi connectivity index (χ4v) is 2.79. The van der Waals surface area contributed by atoms with E-state index in [0.717, 1.165) is 38.4 Å². The number of aromatic nitrogens is 1. The van der Waals surface area contributed by atoms with E-state index in [0.29, 0.717) is 0 Å². The summed E-state index contributed by atoms with van der Waals surface area (Å²) in [5, 5.41) is 10.1. The predicted molar refractivity (Wildman–Crippen MR) is 109 cm³/mol. The van der Waals surface area contributed by atoms with Crippen molar-refractivity contribution >= 4 is 41.3 Å². The quantitative estimate of drug-likeness (QED) is 0.251. The van der Waals surface area contributed by atoms with Gasteiger partial charge < -0.3 is 10.6 Å². The van der Waals surface area contributed by atoms with Gasteiger partial charge in [-0.3, -0.25) is 4.99 Å². The summed E-state index contributed by atoms with van der Waals surface area (Å²) in [6.45, 7) is 9.17. The van der Waals surface area contributed by atoms with Crippen molar-refractivity contribution in [3.63, 3.8) is 0 Å². The van der Waals surface area contributed by atoms with E-state index in [2.05, 4.69) is 46.8 Å². The van der Waals surface area contributed by atoms with Crippen molar-refractivity contribution in [2.75, 3.05) is 19.6 Å². The van der Waals surface area contributed by atoms with Gasteiger partial charge in [-0.05, 0) is 19.8 Å². The third-order valence-corrected chi connectivity index (χ3v) is 4.24. The Morgan fingerprint density at radius 2 is 2.00 bits per heavy atom. The van der Waals surface area contributed by atoms with E-state index in [1.807, 2.05) is 0 Å². The SMILES string of the molecule is CCCCCCN=C(NCC)NCCc1csc(CC)n1.I. The molecule has 0 amide bonds. The Kier molecular flexibility index (Phi) is 14.0. The van der Waals surface area contributed by atoms with E-state index < -0.39 is 0 Å². The number of hydrogen-bond donors (Lipinski definition) is 2. The van der Waals surface area contributed by atoms with Gasteiger partial charge in [-0.1, -0.05) is 33.1 Å². The third-order valence-electron chi connectivity index (χ3n) is 3.20. The van der Waals surface area contributed by atoms with Crippen molar-refractivity contribution in [3.8, 4) is 0 Å². The van der Waals surface area contributed by atoms with Gasteiger partial charge >= 0.3 is 0 Å². The number of unbranched alkanes of at least 4 members (excludes halogenated alkanes) is 3. The van der Waals surface area contributed by atoms with Crippen molar-refractivity contribution in [1.29, 1.82) is 0 Å². The highest BCUT2D eigenvalue weighted by Crippen LogP contribution is 2.10. The Balaban J connectivity index is 0.00000441. The van der Waals surface area contributed by atoms with E-state index in [1.54, 1.807) is 11.3 Å². The molecule has 6 heteroatoms. The molecule has 0 unspecified atom stereocenters. The highest BCUT2D eigenvalue weighted by Gasteiger charge is 2.01. The molecule has 0 bridgehead atoms. The first-order chi connectivity index (χ1) is 10.3. The van der Waals surface area contributed by atoms with Crippen molar-refractivity contribution in [2.45, 2.75) is 59.3 Å². The van der Waals surface area contributed by atoms with Crippen LogP contribution in [0.1, 0.15) is 57.2 Å². The molecule has 22 heavy (non-hydrogen) atoms. The van der Waals surface area contributed by atoms with E-state index in [-0.39, 0.29) is 24.0 Å². The maximum absolute atomic E-state index is 4.61. The van der Waals surface area contributed by atoms with Gasteiger partial charge in [-0.2, -0.15) is 0 Å². The molecule has 1 heterocycles. The van der Waals surface area contributed by atoms with Gasteiger partial charge in [0, 0.05) is 31.4 Å². The molecule has 0 atom stereocenters. The molecule has 2 N–H and O–H groups in total. The van der Waals surface area contributed by atoms with Crippen LogP contribution < -0.4 is 10.6 Å². The molecule has 0 spiro atoms. The molecule has 0 radical (unpaired) electrons. The second-order valence-corrected chi connectivity index (χ2v) is 6.03. The zero-order valence-corrected chi connectivity index (χ0v) is 17.3. The summed E-state index contributed by atoms with van der Waals surface area (Å²) in [7, 11) is 0. The lowest BCUT2D eigenvalue weighted by Crippen LogP contribution is -2.38. The van der Waals surface area contributed by atoms with Crippen molar-refractivity contribution in [1.82, 2.24) is 15.6 Å². The zero-order chi connectivity index (χ0) is 15.3. The molecular weight excluding hydrogens is 407 g/mol. The lowest BCUT2D eigenvalue weighted by atomic mass is 10.2. The van der Waals surface area contributed by atoms with Gasteiger partial charge in [0.1, 0.15) is 0 Å². The first-order valence-electron chi connectivity index (χ1n) is 8.25. The molecule has 0 aliphatic carbocycles. The number of guanidine groups is 1. The van der Waals surface area contributed by atoms with Crippen molar-refractivity contribution < 1.29 is 0 Å². The summed E-state index contributed by atoms with van der Waals surface area (Å²) in [6.07, 6.45) is 7.02. The molecule has 0 aromatic carbocycles. The van der Waals surface area contributed by atoms with Gasteiger partial charge in [-0.25, -0.2) is 4.98 Å². The standard InChI is InChI=1S/C16H30N4S.HI/c1-4-7-8-9-11-18-16(17-6-3)19-12-10-14-13-21-15(5-2)20-14;/h13H,4-12H2,1-3H3,(H2,17,18,19);1H. The van der Waals surface area contributed by atoms with Gasteiger partial charge in [0.15, 0.2) is 5.96 Å². The smallest absolute Gasteiger partial charge is 0.191 e. The van der Waals surface area contributed by atoms with Gasteiger partial charge in [0.05, 0.1) is 10.7 Å². The number of aliphatic imine (C=N–C) groups is 1. The first-order valence-corrected chi connectivity index (χ1v) is 9.13. The summed E-state index contributed by atoms with van der Waals surface area (Å²) >= 11 is 1.76. The van der Waals surface area contributed by atoms with Crippen molar-refractivity contribution in [2.24, 2.45) is 4.99 Å². The molecule has 0 saturated carbocycles. The van der Waals surface area contributed by atoms with Crippen LogP contribution in [0.25, 0.3) is 0 Å². The van der Waals surface area contributed by atoms with Crippen LogP contribution in [0.5, 0.6) is 0 Å². The van der Waals surface area contributed by atoms with Gasteiger partial charge in [0.2, 0.25) is 0 Å². The Labute approximate surface area is 156 Å². The van der Waals surface area contributed by atoms with E-state index in [4.69, 9.17) is 0 Å². The minimum absolute atomic E-state index is 0. The van der Waals surface area contributed by atoms with Crippen LogP contribution in [-0.4, -0.2) is 30.6 Å². The topological polar surface area (TPSA) is 49.3 Å². The van der Waals surface area contributed by atoms with Crippen LogP contribution in [-0.2, 0) is 12.8 Å². The molecule has 128 valence electrons. The largest absolute Gasteiger partial charge is 0.357 e. The summed E-state index contributed by atoms with van der Waals surface area (Å²) in [4.78, 5) is 9.20. The number of nitrogens with zero attached hydrogens (tertiary/aromatic N) is 2. The Hall–Kier alpha value is -0.370. The first kappa shape index (κ1) is 21.6. The minimum Gasteiger partial charge on any atom is -0.357 e. The molecule has 0 saturated heterocycles. The summed E-state index contributed by atoms with van der Waals surface area (Å²) in [6, 6.07) is 0. The predicted octanol–water partition coefficient (Wildman–Crippen LogP) is 4.00. The lowest BCUT2D eigenvalue weighted by Gasteiger charge is -2.10. The maximum Gasteiger partial charge on any atom is 0.191 e. The highest BCUT2D eigenvalue weighted by molar-refractivity contribution is 14.0. The molecular formula is C16H31IN4S. The molecule has 1 aromatic heterocycles. The fourth-order valence-electron chi connectivity index (χ4n) is 2.01. The van der Waals surface area contributed by atoms with Crippen LogP contribution in [0, 0.1) is 0 Å². The Morgan fingerprint density at radius 1 is 1.18 bits per heavy atom. The van der Waals surface area contributed by atoms with Crippen LogP contribution >= 0.6 is 35.3 Å². The van der Waals surface area contributed by atoms with Crippen LogP contribution in [0.2, 0.25) is 0 Å². The maximum atomic E-state index is 4.61. The number of rotatable bonds is 10. The second-order valence-electron chi connectivity index (χ2n) is 5.08. The number of halogens is 1. The molecule has 0 aliphatic heterocycles. The molecule has 1 rings (SSSR count). The van der Waals surface area contributed by atoms with E-state index in [1.165, 1.54) is 36.4 Å². The average Bonchev–Trinajstić information content (AvgIpc) is 2.95. The number of nitrogens with one attached hydrogen (secondary N) is 2. The fraction of sp³-hybridized carbons (Fsp3) is 0.750. The van der Waals surface area contributed by atoms with Crippen LogP contribution in [0.15, 0.2) is 10.4 Å². The summed E-state index contributed by atoms with van der Waals surface area (Å²) in [5.41, 5.74) is 1.18. The Morgan fingerprint density at radius 3 is 2.64 bits per heavy atom. The summed E-state index contributed by atoms with van der Waals surface area (Å²) in [5.74, 6) is 0.931. The average molecular weight is 438 g/mol. The van der Waals surface area contributed by atoms with Gasteiger partial charge in [-0.15, -0.1) is 35.3 Å². The molecule has 4 nitrogen and oxygen atoms in total. The van der Waals surface area contributed by atoms with Gasteiger partial charge in [0.25, 0.3) is 0 Å². The number of aryl methyl sites for hydroxylation is 1. The number of hydrogen-bond acceptors (Lipinski definition) is 3. The van der Waals surface area contributed by atoms with E-state index >= 15 is 0 Å². The van der Waals surface area contributed by atoms with Crippen LogP contribution in [0.3, 0.4) is 0 Å². The monoisotopic (exact) mass is 438 g/mol. The van der Waals surface area contributed by atoms with E-state index in [9.17, 15) is 0 Å².